The van der Waals surface area contributed by atoms with Crippen LogP contribution in [0.1, 0.15) is 6.42 Å². The summed E-state index contributed by atoms with van der Waals surface area (Å²) in [6, 6.07) is 6.50. The largest absolute Gasteiger partial charge is 0.492 e. The van der Waals surface area contributed by atoms with Gasteiger partial charge in [0.05, 0.1) is 6.20 Å². The number of nitrogens with zero attached hydrogens (tertiary/aromatic N) is 3. The van der Waals surface area contributed by atoms with Crippen molar-refractivity contribution in [2.24, 2.45) is 0 Å². The fourth-order valence-corrected chi connectivity index (χ4v) is 2.80. The zero-order chi connectivity index (χ0) is 17.2. The summed E-state index contributed by atoms with van der Waals surface area (Å²) in [4.78, 5) is 4.61. The van der Waals surface area contributed by atoms with Crippen LogP contribution in [0.4, 0.5) is 10.2 Å². The van der Waals surface area contributed by atoms with E-state index in [-0.39, 0.29) is 5.82 Å². The van der Waals surface area contributed by atoms with Gasteiger partial charge in [-0.3, -0.25) is 0 Å². The van der Waals surface area contributed by atoms with Crippen molar-refractivity contribution in [2.75, 3.05) is 25.0 Å². The van der Waals surface area contributed by atoms with Crippen LogP contribution in [0.2, 0.25) is 0 Å². The zero-order valence-electron chi connectivity index (χ0n) is 13.6. The SMILES string of the molecule is C=C1CCNc2ccn3ncc(c3n2)-c2cc(F)cc(c2)OCCN1. The number of ether oxygens (including phenoxy) is 1. The molecule has 0 atom stereocenters. The quantitative estimate of drug-likeness (QED) is 0.659. The normalized spacial score (nSPS) is 15.0. The number of anilines is 1. The zero-order valence-corrected chi connectivity index (χ0v) is 13.6. The lowest BCUT2D eigenvalue weighted by atomic mass is 10.1. The smallest absolute Gasteiger partial charge is 0.165 e. The van der Waals surface area contributed by atoms with Gasteiger partial charge in [-0.1, -0.05) is 6.58 Å². The summed E-state index contributed by atoms with van der Waals surface area (Å²) in [6.45, 7) is 5.73. The van der Waals surface area contributed by atoms with Crippen LogP contribution < -0.4 is 15.4 Å². The van der Waals surface area contributed by atoms with Gasteiger partial charge < -0.3 is 15.4 Å². The number of fused-ring (bicyclic) bond motifs is 4. The van der Waals surface area contributed by atoms with Crippen molar-refractivity contribution in [3.8, 4) is 16.9 Å². The van der Waals surface area contributed by atoms with Gasteiger partial charge in [0.15, 0.2) is 5.65 Å². The van der Waals surface area contributed by atoms with E-state index >= 15 is 0 Å². The van der Waals surface area contributed by atoms with Gasteiger partial charge in [-0.05, 0) is 23.8 Å². The molecule has 25 heavy (non-hydrogen) atoms. The maximum absolute atomic E-state index is 14.0. The van der Waals surface area contributed by atoms with Crippen LogP contribution in [-0.4, -0.2) is 34.3 Å². The highest BCUT2D eigenvalue weighted by molar-refractivity contribution is 5.78. The molecule has 0 radical (unpaired) electrons. The monoisotopic (exact) mass is 339 g/mol. The first kappa shape index (κ1) is 15.4. The highest BCUT2D eigenvalue weighted by Crippen LogP contribution is 2.28. The lowest BCUT2D eigenvalue weighted by Crippen LogP contribution is -2.21. The first-order chi connectivity index (χ1) is 12.2. The number of hydrogen-bond acceptors (Lipinski definition) is 5. The van der Waals surface area contributed by atoms with Crippen molar-refractivity contribution < 1.29 is 9.13 Å². The van der Waals surface area contributed by atoms with Gasteiger partial charge in [0.1, 0.15) is 24.0 Å². The molecule has 3 aromatic rings. The van der Waals surface area contributed by atoms with Gasteiger partial charge in [0.2, 0.25) is 0 Å². The molecule has 0 fully saturated rings. The third-order valence-electron chi connectivity index (χ3n) is 4.03. The molecule has 1 aromatic carbocycles. The van der Waals surface area contributed by atoms with Crippen molar-refractivity contribution in [1.82, 2.24) is 19.9 Å². The number of aromatic nitrogens is 3. The fourth-order valence-electron chi connectivity index (χ4n) is 2.80. The second-order valence-corrected chi connectivity index (χ2v) is 5.87. The Morgan fingerprint density at radius 1 is 1.20 bits per heavy atom. The van der Waals surface area contributed by atoms with Crippen LogP contribution in [-0.2, 0) is 0 Å². The third kappa shape index (κ3) is 3.26. The maximum atomic E-state index is 14.0. The van der Waals surface area contributed by atoms with Crippen LogP contribution in [0.25, 0.3) is 16.8 Å². The van der Waals surface area contributed by atoms with Gasteiger partial charge in [-0.2, -0.15) is 5.10 Å². The average Bonchev–Trinajstić information content (AvgIpc) is 3.01. The molecular weight excluding hydrogens is 321 g/mol. The van der Waals surface area contributed by atoms with Gasteiger partial charge >= 0.3 is 0 Å². The van der Waals surface area contributed by atoms with Crippen LogP contribution in [0.15, 0.2) is 48.9 Å². The maximum Gasteiger partial charge on any atom is 0.165 e. The van der Waals surface area contributed by atoms with Crippen LogP contribution >= 0.6 is 0 Å². The van der Waals surface area contributed by atoms with Crippen molar-refractivity contribution in [1.29, 1.82) is 0 Å². The van der Waals surface area contributed by atoms with Crippen molar-refractivity contribution >= 4 is 11.5 Å². The van der Waals surface area contributed by atoms with E-state index in [0.717, 1.165) is 23.5 Å². The molecule has 0 saturated carbocycles. The molecular formula is C18H18FN5O. The summed E-state index contributed by atoms with van der Waals surface area (Å²) in [5.41, 5.74) is 3.01. The number of benzene rings is 1. The number of hydrogen-bond donors (Lipinski definition) is 2. The molecule has 1 aliphatic rings. The fraction of sp³-hybridized carbons (Fsp3) is 0.222. The molecule has 0 spiro atoms. The summed E-state index contributed by atoms with van der Waals surface area (Å²) >= 11 is 0. The molecule has 6 nitrogen and oxygen atoms in total. The van der Waals surface area contributed by atoms with E-state index in [1.54, 1.807) is 16.8 Å². The van der Waals surface area contributed by atoms with Gasteiger partial charge in [-0.25, -0.2) is 13.9 Å². The van der Waals surface area contributed by atoms with E-state index in [0.29, 0.717) is 36.7 Å². The molecule has 4 rings (SSSR count). The summed E-state index contributed by atoms with van der Waals surface area (Å²) in [5.74, 6) is 0.860. The number of rotatable bonds is 0. The molecule has 0 unspecified atom stereocenters. The van der Waals surface area contributed by atoms with E-state index < -0.39 is 0 Å². The minimum atomic E-state index is -0.359. The molecule has 4 bridgehead atoms. The van der Waals surface area contributed by atoms with Crippen LogP contribution in [0.3, 0.4) is 0 Å². The highest BCUT2D eigenvalue weighted by Gasteiger charge is 2.12. The minimum Gasteiger partial charge on any atom is -0.492 e. The topological polar surface area (TPSA) is 63.5 Å². The molecule has 0 amide bonds. The van der Waals surface area contributed by atoms with E-state index in [9.17, 15) is 4.39 Å². The second kappa shape index (κ2) is 6.43. The van der Waals surface area contributed by atoms with Crippen LogP contribution in [0, 0.1) is 5.82 Å². The lowest BCUT2D eigenvalue weighted by Gasteiger charge is -2.11. The molecule has 3 heterocycles. The Kier molecular flexibility index (Phi) is 3.97. The highest BCUT2D eigenvalue weighted by atomic mass is 19.1. The predicted molar refractivity (Wildman–Crippen MR) is 94.1 cm³/mol. The van der Waals surface area contributed by atoms with Gasteiger partial charge in [-0.15, -0.1) is 0 Å². The van der Waals surface area contributed by atoms with Crippen molar-refractivity contribution in [3.05, 3.63) is 54.8 Å². The molecule has 0 aliphatic carbocycles. The van der Waals surface area contributed by atoms with E-state index in [1.165, 1.54) is 12.1 Å². The standard InChI is InChI=1S/C18H18FN5O/c1-12-2-4-21-17-3-6-24-18(23-17)16(11-22-24)13-8-14(19)10-15(9-13)25-7-5-20-12/h3,6,8-11,20H,1-2,4-5,7H2,(H,21,23). The Morgan fingerprint density at radius 2 is 2.12 bits per heavy atom. The molecule has 2 N–H and O–H groups in total. The van der Waals surface area contributed by atoms with Gasteiger partial charge in [0.25, 0.3) is 0 Å². The number of nitrogens with one attached hydrogen (secondary N) is 2. The third-order valence-corrected chi connectivity index (χ3v) is 4.03. The van der Waals surface area contributed by atoms with Crippen molar-refractivity contribution in [3.63, 3.8) is 0 Å². The molecule has 1 aliphatic heterocycles. The van der Waals surface area contributed by atoms with E-state index in [2.05, 4.69) is 27.3 Å². The first-order valence-electron chi connectivity index (χ1n) is 8.13. The second-order valence-electron chi connectivity index (χ2n) is 5.87. The summed E-state index contributed by atoms with van der Waals surface area (Å²) < 4.78 is 21.4. The van der Waals surface area contributed by atoms with Gasteiger partial charge in [0, 0.05) is 43.0 Å². The first-order valence-corrected chi connectivity index (χ1v) is 8.13. The Balaban J connectivity index is 1.81. The summed E-state index contributed by atoms with van der Waals surface area (Å²) in [5, 5.41) is 10.8. The summed E-state index contributed by atoms with van der Waals surface area (Å²) in [6.07, 6.45) is 4.28. The summed E-state index contributed by atoms with van der Waals surface area (Å²) in [7, 11) is 0. The molecule has 2 aromatic heterocycles. The van der Waals surface area contributed by atoms with E-state index in [1.807, 2.05) is 12.3 Å². The lowest BCUT2D eigenvalue weighted by molar-refractivity contribution is 0.317. The average molecular weight is 339 g/mol. The van der Waals surface area contributed by atoms with Crippen LogP contribution in [0.5, 0.6) is 5.75 Å². The molecule has 128 valence electrons. The Bertz CT molecular complexity index is 936. The number of halogens is 1. The molecule has 0 saturated heterocycles. The minimum absolute atomic E-state index is 0.359. The Morgan fingerprint density at radius 3 is 3.04 bits per heavy atom. The Hall–Kier alpha value is -3.09. The van der Waals surface area contributed by atoms with Crippen molar-refractivity contribution in [2.45, 2.75) is 6.42 Å². The molecule has 7 heteroatoms. The Labute approximate surface area is 144 Å². The van der Waals surface area contributed by atoms with E-state index in [4.69, 9.17) is 4.74 Å². The predicted octanol–water partition coefficient (Wildman–Crippen LogP) is 2.83.